The molecule has 110 valence electrons. The molecule has 21 heavy (non-hydrogen) atoms. The van der Waals surface area contributed by atoms with E-state index in [4.69, 9.17) is 4.42 Å². The van der Waals surface area contributed by atoms with Gasteiger partial charge in [-0.1, -0.05) is 0 Å². The fourth-order valence-corrected chi connectivity index (χ4v) is 2.32. The van der Waals surface area contributed by atoms with E-state index in [1.165, 1.54) is 0 Å². The maximum absolute atomic E-state index is 5.09. The van der Waals surface area contributed by atoms with Crippen LogP contribution in [0, 0.1) is 0 Å². The van der Waals surface area contributed by atoms with E-state index >= 15 is 0 Å². The number of nitrogens with zero attached hydrogens (tertiary/aromatic N) is 5. The number of aryl methyl sites for hydroxylation is 1. The molecule has 3 rings (SSSR count). The molecule has 3 heterocycles. The second kappa shape index (κ2) is 5.53. The van der Waals surface area contributed by atoms with E-state index in [1.807, 2.05) is 27.2 Å². The van der Waals surface area contributed by atoms with Crippen LogP contribution in [-0.2, 0) is 20.1 Å². The number of aromatic nitrogens is 4. The van der Waals surface area contributed by atoms with Gasteiger partial charge in [0.25, 0.3) is 0 Å². The van der Waals surface area contributed by atoms with E-state index in [2.05, 4.69) is 25.3 Å². The molecule has 0 radical (unpaired) electrons. The topological polar surface area (TPSA) is 72.0 Å². The van der Waals surface area contributed by atoms with Gasteiger partial charge in [-0.25, -0.2) is 9.97 Å². The number of furan rings is 1. The highest BCUT2D eigenvalue weighted by Crippen LogP contribution is 2.19. The molecule has 1 N–H and O–H groups in total. The Bertz CT molecular complexity index is 733. The summed E-state index contributed by atoms with van der Waals surface area (Å²) < 4.78 is 6.85. The number of hydrogen-bond acceptors (Lipinski definition) is 6. The summed E-state index contributed by atoms with van der Waals surface area (Å²) >= 11 is 0. The SMILES string of the molecule is CNc1nc(CN(C)Cc2ccoc2)nc2c1cnn2C. The zero-order valence-electron chi connectivity index (χ0n) is 12.4. The van der Waals surface area contributed by atoms with E-state index in [-0.39, 0.29) is 0 Å². The Hall–Kier alpha value is -2.41. The van der Waals surface area contributed by atoms with Crippen molar-refractivity contribution in [3.8, 4) is 0 Å². The van der Waals surface area contributed by atoms with Crippen molar-refractivity contribution in [1.82, 2.24) is 24.6 Å². The molecule has 0 aliphatic carbocycles. The van der Waals surface area contributed by atoms with Gasteiger partial charge in [0.05, 0.1) is 30.7 Å². The van der Waals surface area contributed by atoms with Gasteiger partial charge in [-0.3, -0.25) is 9.58 Å². The lowest BCUT2D eigenvalue weighted by Gasteiger charge is -2.15. The predicted molar refractivity (Wildman–Crippen MR) is 79.7 cm³/mol. The number of nitrogens with one attached hydrogen (secondary N) is 1. The molecule has 0 aliphatic heterocycles. The number of hydrogen-bond donors (Lipinski definition) is 1. The minimum absolute atomic E-state index is 0.654. The van der Waals surface area contributed by atoms with Gasteiger partial charge in [0.15, 0.2) is 5.65 Å². The van der Waals surface area contributed by atoms with Crippen molar-refractivity contribution in [3.63, 3.8) is 0 Å². The van der Waals surface area contributed by atoms with Gasteiger partial charge in [-0.05, 0) is 13.1 Å². The van der Waals surface area contributed by atoms with Gasteiger partial charge in [0, 0.05) is 26.2 Å². The van der Waals surface area contributed by atoms with E-state index in [1.54, 1.807) is 23.4 Å². The normalized spacial score (nSPS) is 11.4. The summed E-state index contributed by atoms with van der Waals surface area (Å²) in [6.45, 7) is 1.44. The van der Waals surface area contributed by atoms with E-state index in [9.17, 15) is 0 Å². The Balaban J connectivity index is 1.84. The lowest BCUT2D eigenvalue weighted by molar-refractivity contribution is 0.310. The molecular formula is C14H18N6O. The quantitative estimate of drug-likeness (QED) is 0.768. The van der Waals surface area contributed by atoms with Crippen LogP contribution < -0.4 is 5.32 Å². The average Bonchev–Trinajstić information content (AvgIpc) is 3.09. The van der Waals surface area contributed by atoms with Crippen molar-refractivity contribution in [2.24, 2.45) is 7.05 Å². The highest BCUT2D eigenvalue weighted by Gasteiger charge is 2.12. The summed E-state index contributed by atoms with van der Waals surface area (Å²) in [7, 11) is 5.77. The summed E-state index contributed by atoms with van der Waals surface area (Å²) in [6.07, 6.45) is 5.21. The van der Waals surface area contributed by atoms with Crippen LogP contribution in [0.15, 0.2) is 29.2 Å². The van der Waals surface area contributed by atoms with Crippen LogP contribution in [0.3, 0.4) is 0 Å². The summed E-state index contributed by atoms with van der Waals surface area (Å²) in [5.41, 5.74) is 1.97. The molecule has 0 amide bonds. The Morgan fingerprint density at radius 1 is 1.33 bits per heavy atom. The standard InChI is InChI=1S/C14H18N6O/c1-15-13-11-6-16-20(3)14(11)18-12(17-13)8-19(2)7-10-4-5-21-9-10/h4-6,9H,7-8H2,1-3H3,(H,15,17,18). The first kappa shape index (κ1) is 13.6. The molecule has 0 saturated heterocycles. The van der Waals surface area contributed by atoms with Crippen LogP contribution >= 0.6 is 0 Å². The van der Waals surface area contributed by atoms with Crippen molar-refractivity contribution in [1.29, 1.82) is 0 Å². The maximum atomic E-state index is 5.09. The number of fused-ring (bicyclic) bond motifs is 1. The van der Waals surface area contributed by atoms with Gasteiger partial charge < -0.3 is 9.73 Å². The number of rotatable bonds is 5. The van der Waals surface area contributed by atoms with Gasteiger partial charge in [-0.2, -0.15) is 5.10 Å². The van der Waals surface area contributed by atoms with Crippen LogP contribution in [-0.4, -0.2) is 38.7 Å². The van der Waals surface area contributed by atoms with Gasteiger partial charge in [0.1, 0.15) is 11.6 Å². The molecule has 0 spiro atoms. The van der Waals surface area contributed by atoms with Gasteiger partial charge >= 0.3 is 0 Å². The van der Waals surface area contributed by atoms with Crippen molar-refractivity contribution in [3.05, 3.63) is 36.2 Å². The van der Waals surface area contributed by atoms with Crippen molar-refractivity contribution in [2.45, 2.75) is 13.1 Å². The lowest BCUT2D eigenvalue weighted by Crippen LogP contribution is -2.19. The number of anilines is 1. The smallest absolute Gasteiger partial charge is 0.163 e. The molecule has 3 aromatic rings. The molecule has 3 aromatic heterocycles. The summed E-state index contributed by atoms with van der Waals surface area (Å²) in [6, 6.07) is 1.96. The van der Waals surface area contributed by atoms with E-state index < -0.39 is 0 Å². The Morgan fingerprint density at radius 3 is 2.90 bits per heavy atom. The van der Waals surface area contributed by atoms with Crippen LogP contribution in [0.5, 0.6) is 0 Å². The van der Waals surface area contributed by atoms with E-state index in [0.29, 0.717) is 6.54 Å². The van der Waals surface area contributed by atoms with Crippen molar-refractivity contribution >= 4 is 16.9 Å². The van der Waals surface area contributed by atoms with Crippen molar-refractivity contribution in [2.75, 3.05) is 19.4 Å². The zero-order chi connectivity index (χ0) is 14.8. The molecule has 0 unspecified atom stereocenters. The third-order valence-electron chi connectivity index (χ3n) is 3.32. The minimum atomic E-state index is 0.654. The highest BCUT2D eigenvalue weighted by molar-refractivity contribution is 5.86. The molecular weight excluding hydrogens is 268 g/mol. The molecule has 7 heteroatoms. The molecule has 0 aromatic carbocycles. The average molecular weight is 286 g/mol. The fraction of sp³-hybridized carbons (Fsp3) is 0.357. The molecule has 7 nitrogen and oxygen atoms in total. The Kier molecular flexibility index (Phi) is 3.57. The molecule has 0 bridgehead atoms. The molecule has 0 fully saturated rings. The lowest BCUT2D eigenvalue weighted by atomic mass is 10.3. The first-order valence-electron chi connectivity index (χ1n) is 6.73. The summed E-state index contributed by atoms with van der Waals surface area (Å²) in [5, 5.41) is 8.27. The summed E-state index contributed by atoms with van der Waals surface area (Å²) in [4.78, 5) is 11.3. The summed E-state index contributed by atoms with van der Waals surface area (Å²) in [5.74, 6) is 1.57. The largest absolute Gasteiger partial charge is 0.472 e. The first-order valence-corrected chi connectivity index (χ1v) is 6.73. The third-order valence-corrected chi connectivity index (χ3v) is 3.32. The predicted octanol–water partition coefficient (Wildman–Crippen LogP) is 1.63. The zero-order valence-corrected chi connectivity index (χ0v) is 12.4. The Morgan fingerprint density at radius 2 is 2.19 bits per heavy atom. The van der Waals surface area contributed by atoms with Crippen LogP contribution in [0.4, 0.5) is 5.82 Å². The molecule has 0 atom stereocenters. The van der Waals surface area contributed by atoms with Crippen molar-refractivity contribution < 1.29 is 4.42 Å². The monoisotopic (exact) mass is 286 g/mol. The van der Waals surface area contributed by atoms with Crippen LogP contribution in [0.1, 0.15) is 11.4 Å². The first-order chi connectivity index (χ1) is 10.2. The van der Waals surface area contributed by atoms with E-state index in [0.717, 1.165) is 34.8 Å². The van der Waals surface area contributed by atoms with Crippen LogP contribution in [0.25, 0.3) is 11.0 Å². The molecule has 0 aliphatic rings. The van der Waals surface area contributed by atoms with Gasteiger partial charge in [0.2, 0.25) is 0 Å². The van der Waals surface area contributed by atoms with Crippen LogP contribution in [0.2, 0.25) is 0 Å². The third kappa shape index (κ3) is 2.73. The Labute approximate surface area is 122 Å². The highest BCUT2D eigenvalue weighted by atomic mass is 16.3. The second-order valence-electron chi connectivity index (χ2n) is 5.05. The second-order valence-corrected chi connectivity index (χ2v) is 5.05. The minimum Gasteiger partial charge on any atom is -0.472 e. The van der Waals surface area contributed by atoms with Gasteiger partial charge in [-0.15, -0.1) is 0 Å². The maximum Gasteiger partial charge on any atom is 0.163 e. The molecule has 0 saturated carbocycles. The fourth-order valence-electron chi connectivity index (χ4n) is 2.32.